The molecule has 112 valence electrons. The van der Waals surface area contributed by atoms with Crippen LogP contribution in [0.4, 0.5) is 13.2 Å². The molecule has 1 heterocycles. The molecule has 1 aromatic rings. The Labute approximate surface area is 121 Å². The average molecular weight is 309 g/mol. The predicted octanol–water partition coefficient (Wildman–Crippen LogP) is 2.34. The van der Waals surface area contributed by atoms with Crippen LogP contribution in [-0.4, -0.2) is 30.4 Å². The highest BCUT2D eigenvalue weighted by Crippen LogP contribution is 2.29. The molecule has 1 saturated heterocycles. The van der Waals surface area contributed by atoms with E-state index in [-0.39, 0.29) is 23.4 Å². The summed E-state index contributed by atoms with van der Waals surface area (Å²) in [6, 6.07) is 1.44. The molecule has 0 spiro atoms. The third-order valence-electron chi connectivity index (χ3n) is 3.57. The largest absolute Gasteiger partial charge is 0.338 e. The Morgan fingerprint density at radius 2 is 1.90 bits per heavy atom. The van der Waals surface area contributed by atoms with Gasteiger partial charge in [-0.25, -0.2) is 13.2 Å². The summed E-state index contributed by atoms with van der Waals surface area (Å²) in [6.45, 7) is 3.30. The second-order valence-electron chi connectivity index (χ2n) is 5.25. The van der Waals surface area contributed by atoms with Crippen LogP contribution in [0, 0.1) is 22.9 Å². The van der Waals surface area contributed by atoms with Gasteiger partial charge in [0.05, 0.1) is 0 Å². The van der Waals surface area contributed by atoms with Gasteiger partial charge >= 0.3 is 0 Å². The van der Waals surface area contributed by atoms with Crippen LogP contribution < -0.4 is 5.73 Å². The molecule has 0 aromatic heterocycles. The Hall–Kier alpha value is -1.27. The summed E-state index contributed by atoms with van der Waals surface area (Å²) in [4.78, 5) is 13.6. The van der Waals surface area contributed by atoms with E-state index in [1.165, 1.54) is 4.90 Å². The molecule has 3 nitrogen and oxygen atoms in total. The number of carbonyl (C=O) groups is 1. The Kier molecular flexibility index (Phi) is 5.05. The van der Waals surface area contributed by atoms with Crippen molar-refractivity contribution in [2.45, 2.75) is 13.3 Å². The zero-order valence-corrected chi connectivity index (χ0v) is 11.8. The van der Waals surface area contributed by atoms with Gasteiger partial charge in [0.2, 0.25) is 0 Å². The minimum absolute atomic E-state index is 0. The molecule has 1 amide bonds. The van der Waals surface area contributed by atoms with E-state index in [1.54, 1.807) is 0 Å². The lowest BCUT2D eigenvalue weighted by atomic mass is 9.90. The molecular weight excluding hydrogens is 293 g/mol. The summed E-state index contributed by atoms with van der Waals surface area (Å²) < 4.78 is 39.0. The SMILES string of the molecule is CC1(CN)CCN(C(=O)c2cc(F)c(F)c(F)c2)C1.Cl. The number of hydrogen-bond acceptors (Lipinski definition) is 2. The van der Waals surface area contributed by atoms with Crippen molar-refractivity contribution in [3.8, 4) is 0 Å². The van der Waals surface area contributed by atoms with Gasteiger partial charge in [-0.1, -0.05) is 6.92 Å². The van der Waals surface area contributed by atoms with E-state index in [4.69, 9.17) is 5.73 Å². The Bertz CT molecular complexity index is 503. The smallest absolute Gasteiger partial charge is 0.254 e. The lowest BCUT2D eigenvalue weighted by molar-refractivity contribution is 0.0775. The number of nitrogens with two attached hydrogens (primary N) is 1. The zero-order chi connectivity index (χ0) is 14.2. The molecule has 2 N–H and O–H groups in total. The van der Waals surface area contributed by atoms with E-state index in [0.717, 1.165) is 18.6 Å². The molecule has 1 aliphatic heterocycles. The Morgan fingerprint density at radius 1 is 1.35 bits per heavy atom. The van der Waals surface area contributed by atoms with Crippen molar-refractivity contribution in [1.29, 1.82) is 0 Å². The standard InChI is InChI=1S/C13H15F3N2O.ClH/c1-13(6-17)2-3-18(7-13)12(19)8-4-9(14)11(16)10(15)5-8;/h4-5H,2-3,6-7,17H2,1H3;1H. The van der Waals surface area contributed by atoms with E-state index in [0.29, 0.717) is 19.6 Å². The molecule has 0 saturated carbocycles. The molecule has 20 heavy (non-hydrogen) atoms. The van der Waals surface area contributed by atoms with Gasteiger partial charge in [-0.15, -0.1) is 12.4 Å². The molecule has 0 radical (unpaired) electrons. The van der Waals surface area contributed by atoms with Crippen LogP contribution in [-0.2, 0) is 0 Å². The second kappa shape index (κ2) is 6.01. The van der Waals surface area contributed by atoms with Gasteiger partial charge in [0.15, 0.2) is 17.5 Å². The van der Waals surface area contributed by atoms with E-state index < -0.39 is 23.4 Å². The Morgan fingerprint density at radius 3 is 2.35 bits per heavy atom. The maximum Gasteiger partial charge on any atom is 0.254 e. The minimum atomic E-state index is -1.57. The zero-order valence-electron chi connectivity index (χ0n) is 11.0. The van der Waals surface area contributed by atoms with Gasteiger partial charge in [0, 0.05) is 18.7 Å². The maximum absolute atomic E-state index is 13.1. The quantitative estimate of drug-likeness (QED) is 0.852. The summed E-state index contributed by atoms with van der Waals surface area (Å²) >= 11 is 0. The molecule has 1 atom stereocenters. The van der Waals surface area contributed by atoms with Gasteiger partial charge in [-0.2, -0.15) is 0 Å². The molecule has 0 aliphatic carbocycles. The van der Waals surface area contributed by atoms with Crippen LogP contribution in [0.25, 0.3) is 0 Å². The van der Waals surface area contributed by atoms with E-state index >= 15 is 0 Å². The summed E-state index contributed by atoms with van der Waals surface area (Å²) in [7, 11) is 0. The third-order valence-corrected chi connectivity index (χ3v) is 3.57. The number of likely N-dealkylation sites (tertiary alicyclic amines) is 1. The predicted molar refractivity (Wildman–Crippen MR) is 71.2 cm³/mol. The van der Waals surface area contributed by atoms with Crippen LogP contribution >= 0.6 is 12.4 Å². The van der Waals surface area contributed by atoms with Crippen molar-refractivity contribution in [3.05, 3.63) is 35.1 Å². The van der Waals surface area contributed by atoms with Crippen molar-refractivity contribution in [2.24, 2.45) is 11.1 Å². The van der Waals surface area contributed by atoms with Crippen LogP contribution in [0.5, 0.6) is 0 Å². The lowest BCUT2D eigenvalue weighted by Crippen LogP contribution is -2.34. The first-order valence-corrected chi connectivity index (χ1v) is 6.00. The average Bonchev–Trinajstić information content (AvgIpc) is 2.78. The van der Waals surface area contributed by atoms with Crippen LogP contribution in [0.1, 0.15) is 23.7 Å². The van der Waals surface area contributed by atoms with Crippen LogP contribution in [0.3, 0.4) is 0 Å². The highest BCUT2D eigenvalue weighted by atomic mass is 35.5. The highest BCUT2D eigenvalue weighted by molar-refractivity contribution is 5.94. The van der Waals surface area contributed by atoms with Crippen molar-refractivity contribution in [3.63, 3.8) is 0 Å². The van der Waals surface area contributed by atoms with Gasteiger partial charge < -0.3 is 10.6 Å². The molecule has 1 fully saturated rings. The topological polar surface area (TPSA) is 46.3 Å². The fraction of sp³-hybridized carbons (Fsp3) is 0.462. The number of halogens is 4. The second-order valence-corrected chi connectivity index (χ2v) is 5.25. The first-order valence-electron chi connectivity index (χ1n) is 6.00. The van der Waals surface area contributed by atoms with Crippen molar-refractivity contribution in [1.82, 2.24) is 4.90 Å². The van der Waals surface area contributed by atoms with Crippen molar-refractivity contribution < 1.29 is 18.0 Å². The summed E-state index contributed by atoms with van der Waals surface area (Å²) in [5, 5.41) is 0. The van der Waals surface area contributed by atoms with Crippen LogP contribution in [0.15, 0.2) is 12.1 Å². The summed E-state index contributed by atoms with van der Waals surface area (Å²) in [6.07, 6.45) is 0.737. The number of hydrogen-bond donors (Lipinski definition) is 1. The fourth-order valence-corrected chi connectivity index (χ4v) is 2.23. The molecule has 2 rings (SSSR count). The highest BCUT2D eigenvalue weighted by Gasteiger charge is 2.35. The fourth-order valence-electron chi connectivity index (χ4n) is 2.23. The normalized spacial score (nSPS) is 21.8. The summed E-state index contributed by atoms with van der Waals surface area (Å²) in [5.41, 5.74) is 5.27. The van der Waals surface area contributed by atoms with Crippen molar-refractivity contribution in [2.75, 3.05) is 19.6 Å². The first kappa shape index (κ1) is 16.8. The van der Waals surface area contributed by atoms with Gasteiger partial charge in [-0.05, 0) is 30.5 Å². The van der Waals surface area contributed by atoms with E-state index in [9.17, 15) is 18.0 Å². The van der Waals surface area contributed by atoms with E-state index in [1.807, 2.05) is 6.92 Å². The number of amides is 1. The molecule has 7 heteroatoms. The third kappa shape index (κ3) is 3.07. The number of benzene rings is 1. The number of nitrogens with zero attached hydrogens (tertiary/aromatic N) is 1. The molecule has 1 aliphatic rings. The van der Waals surface area contributed by atoms with Gasteiger partial charge in [0.1, 0.15) is 0 Å². The number of rotatable bonds is 2. The maximum atomic E-state index is 13.1. The van der Waals surface area contributed by atoms with E-state index in [2.05, 4.69) is 0 Å². The van der Waals surface area contributed by atoms with Gasteiger partial charge in [0.25, 0.3) is 5.91 Å². The van der Waals surface area contributed by atoms with Gasteiger partial charge in [-0.3, -0.25) is 4.79 Å². The van der Waals surface area contributed by atoms with Crippen molar-refractivity contribution >= 4 is 18.3 Å². The lowest BCUT2D eigenvalue weighted by Gasteiger charge is -2.22. The monoisotopic (exact) mass is 308 g/mol. The molecule has 0 bridgehead atoms. The minimum Gasteiger partial charge on any atom is -0.338 e. The first-order chi connectivity index (χ1) is 8.86. The Balaban J connectivity index is 0.00000200. The summed E-state index contributed by atoms with van der Waals surface area (Å²) in [5.74, 6) is -4.78. The molecular formula is C13H16ClF3N2O. The number of carbonyl (C=O) groups excluding carboxylic acids is 1. The van der Waals surface area contributed by atoms with Crippen LogP contribution in [0.2, 0.25) is 0 Å². The molecule has 1 aromatic carbocycles. The molecule has 1 unspecified atom stereocenters.